The van der Waals surface area contributed by atoms with Gasteiger partial charge in [0.15, 0.2) is 0 Å². The number of fused-ring (bicyclic) bond motifs is 1. The Morgan fingerprint density at radius 3 is 2.50 bits per heavy atom. The summed E-state index contributed by atoms with van der Waals surface area (Å²) in [4.78, 5) is 4.10. The van der Waals surface area contributed by atoms with Crippen LogP contribution < -0.4 is 4.74 Å². The van der Waals surface area contributed by atoms with Crippen molar-refractivity contribution in [2.75, 3.05) is 7.11 Å². The van der Waals surface area contributed by atoms with Gasteiger partial charge in [-0.2, -0.15) is 0 Å². The van der Waals surface area contributed by atoms with E-state index < -0.39 is 0 Å². The fourth-order valence-electron chi connectivity index (χ4n) is 1.17. The van der Waals surface area contributed by atoms with Crippen molar-refractivity contribution in [3.63, 3.8) is 0 Å². The molecule has 0 saturated heterocycles. The van der Waals surface area contributed by atoms with E-state index >= 15 is 0 Å². The van der Waals surface area contributed by atoms with Crippen LogP contribution in [-0.2, 0) is 0 Å². The van der Waals surface area contributed by atoms with Gasteiger partial charge in [-0.05, 0) is 5.39 Å². The molecule has 0 fully saturated rings. The first-order valence-electron chi connectivity index (χ1n) is 4.01. The molecule has 1 aromatic carbocycles. The Morgan fingerprint density at radius 1 is 1.21 bits per heavy atom. The van der Waals surface area contributed by atoms with Gasteiger partial charge < -0.3 is 4.74 Å². The van der Waals surface area contributed by atoms with Gasteiger partial charge in [0.2, 0.25) is 5.88 Å². The molecule has 0 saturated carbocycles. The summed E-state index contributed by atoms with van der Waals surface area (Å²) < 4.78 is 5.01. The predicted molar refractivity (Wildman–Crippen MR) is 61.3 cm³/mol. The molecular weight excluding hydrogens is 304 g/mol. The average Bonchev–Trinajstić information content (AvgIpc) is 2.31. The van der Waals surface area contributed by atoms with Crippen LogP contribution in [0.15, 0.2) is 36.5 Å². The number of hydrogen-bond donors (Lipinski definition) is 0. The quantitative estimate of drug-likeness (QED) is 0.754. The van der Waals surface area contributed by atoms with Gasteiger partial charge in [0.25, 0.3) is 0 Å². The monoisotopic (exact) mass is 315 g/mol. The molecular formula is C10H10ClNOSn. The minimum atomic E-state index is 0.661. The number of halogens is 1. The van der Waals surface area contributed by atoms with Crippen molar-refractivity contribution in [2.45, 2.75) is 0 Å². The number of benzene rings is 1. The Balaban J connectivity index is 0.000000461. The Morgan fingerprint density at radius 2 is 1.86 bits per heavy atom. The van der Waals surface area contributed by atoms with E-state index in [1.54, 1.807) is 7.11 Å². The molecule has 72 valence electrons. The van der Waals surface area contributed by atoms with Crippen molar-refractivity contribution in [3.05, 3.63) is 36.5 Å². The van der Waals surface area contributed by atoms with Gasteiger partial charge in [0.1, 0.15) is 0 Å². The van der Waals surface area contributed by atoms with Gasteiger partial charge in [-0.1, -0.05) is 24.3 Å². The number of methoxy groups -OCH3 is 1. The molecule has 2 radical (unpaired) electrons. The van der Waals surface area contributed by atoms with Crippen molar-refractivity contribution < 1.29 is 4.74 Å². The van der Waals surface area contributed by atoms with Crippen molar-refractivity contribution in [3.8, 4) is 5.88 Å². The minimum absolute atomic E-state index is 0.661. The maximum absolute atomic E-state index is 5.01. The summed E-state index contributed by atoms with van der Waals surface area (Å²) in [5, 5.41) is 2.29. The molecule has 4 heteroatoms. The van der Waals surface area contributed by atoms with Gasteiger partial charge in [-0.25, -0.2) is 4.98 Å². The number of ether oxygens (including phenoxy) is 1. The second-order valence-electron chi connectivity index (χ2n) is 2.57. The summed E-state index contributed by atoms with van der Waals surface area (Å²) in [6.07, 6.45) is 1.81. The van der Waals surface area contributed by atoms with Crippen molar-refractivity contribution in [1.29, 1.82) is 0 Å². The summed E-state index contributed by atoms with van der Waals surface area (Å²) in [6.45, 7) is 0. The molecule has 2 rings (SSSR count). The molecule has 14 heavy (non-hydrogen) atoms. The van der Waals surface area contributed by atoms with E-state index in [2.05, 4.69) is 4.98 Å². The maximum atomic E-state index is 5.01. The number of rotatable bonds is 1. The zero-order valence-electron chi connectivity index (χ0n) is 7.77. The van der Waals surface area contributed by atoms with Crippen LogP contribution in [0.5, 0.6) is 5.88 Å². The van der Waals surface area contributed by atoms with E-state index in [4.69, 9.17) is 13.7 Å². The third kappa shape index (κ3) is 2.75. The van der Waals surface area contributed by atoms with Crippen molar-refractivity contribution >= 4 is 41.1 Å². The van der Waals surface area contributed by atoms with Gasteiger partial charge >= 0.3 is 30.3 Å². The van der Waals surface area contributed by atoms with Gasteiger partial charge in [-0.3, -0.25) is 0 Å². The van der Waals surface area contributed by atoms with Crippen LogP contribution in [0.4, 0.5) is 0 Å². The predicted octanol–water partition coefficient (Wildman–Crippen LogP) is 2.28. The summed E-state index contributed by atoms with van der Waals surface area (Å²) in [5.41, 5.74) is 0. The topological polar surface area (TPSA) is 22.1 Å². The standard InChI is InChI=1S/C10H9NO.ClH.Sn.H/c1-12-10-6-8-4-2-3-5-9(8)7-11-10;;;/h2-7H,1H3;1H;;/q;;+1;/p-1. The van der Waals surface area contributed by atoms with Crippen LogP contribution in [0, 0.1) is 0 Å². The normalized spacial score (nSPS) is 9.07. The molecule has 0 atom stereocenters. The molecule has 0 aliphatic carbocycles. The number of pyridine rings is 1. The second-order valence-corrected chi connectivity index (χ2v) is 2.57. The summed E-state index contributed by atoms with van der Waals surface area (Å²) >= 11 is 0.822. The third-order valence-electron chi connectivity index (χ3n) is 1.82. The molecule has 1 heterocycles. The molecule has 0 spiro atoms. The first-order valence-corrected chi connectivity index (χ1v) is 8.18. The van der Waals surface area contributed by atoms with Crippen LogP contribution in [-0.4, -0.2) is 33.5 Å². The van der Waals surface area contributed by atoms with Crippen molar-refractivity contribution in [2.24, 2.45) is 0 Å². The van der Waals surface area contributed by atoms with Crippen LogP contribution in [0.3, 0.4) is 0 Å². The SMILES string of the molecule is COc1cc2ccccc2cn1.[Cl][SnH]. The molecule has 0 unspecified atom stereocenters. The van der Waals surface area contributed by atoms with Crippen molar-refractivity contribution in [1.82, 2.24) is 4.98 Å². The molecule has 0 N–H and O–H groups in total. The Hall–Kier alpha value is -0.481. The first-order chi connectivity index (χ1) is 6.90. The first kappa shape index (κ1) is 11.6. The summed E-state index contributed by atoms with van der Waals surface area (Å²) in [7, 11) is 6.39. The molecule has 0 amide bonds. The Kier molecular flexibility index (Phi) is 5.04. The molecule has 0 aliphatic rings. The number of aromatic nitrogens is 1. The number of nitrogens with zero attached hydrogens (tertiary/aromatic N) is 1. The zero-order chi connectivity index (χ0) is 10.4. The average molecular weight is 314 g/mol. The number of hydrogen-bond acceptors (Lipinski definition) is 2. The second kappa shape index (κ2) is 6.09. The third-order valence-corrected chi connectivity index (χ3v) is 1.82. The molecule has 2 aromatic rings. The molecule has 1 aromatic heterocycles. The Bertz CT molecular complexity index is 408. The van der Waals surface area contributed by atoms with E-state index in [-0.39, 0.29) is 0 Å². The van der Waals surface area contributed by atoms with E-state index in [9.17, 15) is 0 Å². The zero-order valence-corrected chi connectivity index (χ0v) is 11.8. The molecule has 2 nitrogen and oxygen atoms in total. The van der Waals surface area contributed by atoms with Gasteiger partial charge in [0.05, 0.1) is 7.11 Å². The van der Waals surface area contributed by atoms with Crippen LogP contribution in [0.1, 0.15) is 0 Å². The van der Waals surface area contributed by atoms with E-state index in [0.717, 1.165) is 32.2 Å². The van der Waals surface area contributed by atoms with Crippen LogP contribution >= 0.6 is 8.92 Å². The molecule has 0 aliphatic heterocycles. The fraction of sp³-hybridized carbons (Fsp3) is 0.100. The van der Waals surface area contributed by atoms with Gasteiger partial charge in [-0.15, -0.1) is 0 Å². The molecule has 0 bridgehead atoms. The van der Waals surface area contributed by atoms with Gasteiger partial charge in [0, 0.05) is 17.6 Å². The summed E-state index contributed by atoms with van der Waals surface area (Å²) in [6, 6.07) is 9.99. The van der Waals surface area contributed by atoms with Crippen LogP contribution in [0.25, 0.3) is 10.8 Å². The van der Waals surface area contributed by atoms with E-state index in [1.807, 2.05) is 36.5 Å². The van der Waals surface area contributed by atoms with E-state index in [0.29, 0.717) is 5.88 Å². The fourth-order valence-corrected chi connectivity index (χ4v) is 1.17. The van der Waals surface area contributed by atoms with Crippen LogP contribution in [0.2, 0.25) is 0 Å². The van der Waals surface area contributed by atoms with E-state index in [1.165, 1.54) is 0 Å². The Labute approximate surface area is 100 Å². The summed E-state index contributed by atoms with van der Waals surface area (Å²) in [5.74, 6) is 0.661.